The fraction of sp³-hybridized carbons (Fsp3) is 0.158. The Bertz CT molecular complexity index is 815. The topological polar surface area (TPSA) is 51.2 Å². The van der Waals surface area contributed by atoms with Crippen LogP contribution in [0.1, 0.15) is 12.0 Å². The molecule has 0 unspecified atom stereocenters. The van der Waals surface area contributed by atoms with Crippen molar-refractivity contribution in [2.45, 2.75) is 12.8 Å². The van der Waals surface area contributed by atoms with Gasteiger partial charge in [0.05, 0.1) is 12.8 Å². The molecule has 0 saturated carbocycles. The van der Waals surface area contributed by atoms with Gasteiger partial charge in [-0.25, -0.2) is 4.98 Å². The number of hydrogen-bond donors (Lipinski definition) is 1. The van der Waals surface area contributed by atoms with Crippen molar-refractivity contribution in [2.24, 2.45) is 0 Å². The molecule has 1 aromatic heterocycles. The van der Waals surface area contributed by atoms with E-state index in [1.165, 1.54) is 11.3 Å². The van der Waals surface area contributed by atoms with Crippen molar-refractivity contribution in [3.63, 3.8) is 0 Å². The van der Waals surface area contributed by atoms with Crippen LogP contribution in [-0.2, 0) is 11.2 Å². The van der Waals surface area contributed by atoms with Crippen LogP contribution in [0, 0.1) is 0 Å². The smallest absolute Gasteiger partial charge is 0.226 e. The maximum Gasteiger partial charge on any atom is 0.226 e. The van der Waals surface area contributed by atoms with Gasteiger partial charge in [-0.1, -0.05) is 42.5 Å². The average molecular weight is 338 g/mol. The summed E-state index contributed by atoms with van der Waals surface area (Å²) in [5, 5.41) is 5.39. The summed E-state index contributed by atoms with van der Waals surface area (Å²) >= 11 is 1.41. The molecule has 4 nitrogen and oxygen atoms in total. The van der Waals surface area contributed by atoms with Crippen LogP contribution in [0.2, 0.25) is 0 Å². The Morgan fingerprint density at radius 3 is 2.67 bits per heavy atom. The van der Waals surface area contributed by atoms with Crippen molar-refractivity contribution in [1.82, 2.24) is 4.98 Å². The molecular weight excluding hydrogens is 320 g/mol. The van der Waals surface area contributed by atoms with Gasteiger partial charge in [0.25, 0.3) is 0 Å². The van der Waals surface area contributed by atoms with Crippen LogP contribution in [0.15, 0.2) is 60.0 Å². The van der Waals surface area contributed by atoms with Crippen LogP contribution in [0.25, 0.3) is 11.3 Å². The van der Waals surface area contributed by atoms with Gasteiger partial charge in [0, 0.05) is 17.4 Å². The first-order chi connectivity index (χ1) is 11.8. The van der Waals surface area contributed by atoms with Gasteiger partial charge in [0.1, 0.15) is 5.75 Å². The van der Waals surface area contributed by atoms with Crippen molar-refractivity contribution >= 4 is 22.4 Å². The van der Waals surface area contributed by atoms with Crippen LogP contribution in [-0.4, -0.2) is 18.0 Å². The fourth-order valence-electron chi connectivity index (χ4n) is 2.40. The number of thiazole rings is 1. The van der Waals surface area contributed by atoms with E-state index < -0.39 is 0 Å². The van der Waals surface area contributed by atoms with E-state index >= 15 is 0 Å². The molecule has 0 aliphatic carbocycles. The van der Waals surface area contributed by atoms with Crippen LogP contribution in [0.4, 0.5) is 5.13 Å². The number of nitrogens with one attached hydrogen (secondary N) is 1. The van der Waals surface area contributed by atoms with Gasteiger partial charge in [0.15, 0.2) is 5.13 Å². The number of para-hydroxylation sites is 1. The molecule has 2 aromatic carbocycles. The zero-order chi connectivity index (χ0) is 16.8. The number of benzene rings is 2. The minimum Gasteiger partial charge on any atom is -0.496 e. The summed E-state index contributed by atoms with van der Waals surface area (Å²) in [7, 11) is 1.64. The summed E-state index contributed by atoms with van der Waals surface area (Å²) in [6, 6.07) is 17.7. The normalized spacial score (nSPS) is 10.4. The lowest BCUT2D eigenvalue weighted by Crippen LogP contribution is -2.12. The highest BCUT2D eigenvalue weighted by molar-refractivity contribution is 7.14. The molecule has 0 saturated heterocycles. The molecule has 0 spiro atoms. The molecule has 0 bridgehead atoms. The molecule has 5 heteroatoms. The molecule has 122 valence electrons. The first-order valence-electron chi connectivity index (χ1n) is 7.69. The van der Waals surface area contributed by atoms with Crippen molar-refractivity contribution in [3.05, 3.63) is 65.5 Å². The van der Waals surface area contributed by atoms with Gasteiger partial charge in [0.2, 0.25) is 5.91 Å². The molecule has 0 atom stereocenters. The van der Waals surface area contributed by atoms with Gasteiger partial charge < -0.3 is 10.1 Å². The van der Waals surface area contributed by atoms with Crippen LogP contribution in [0.5, 0.6) is 5.75 Å². The Hall–Kier alpha value is -2.66. The van der Waals surface area contributed by atoms with E-state index in [-0.39, 0.29) is 5.91 Å². The predicted molar refractivity (Wildman–Crippen MR) is 97.5 cm³/mol. The van der Waals surface area contributed by atoms with E-state index in [9.17, 15) is 4.79 Å². The summed E-state index contributed by atoms with van der Waals surface area (Å²) in [4.78, 5) is 16.6. The molecule has 1 N–H and O–H groups in total. The Labute approximate surface area is 145 Å². The zero-order valence-electron chi connectivity index (χ0n) is 13.4. The van der Waals surface area contributed by atoms with Gasteiger partial charge in [-0.15, -0.1) is 11.3 Å². The number of rotatable bonds is 6. The summed E-state index contributed by atoms with van der Waals surface area (Å²) in [6.45, 7) is 0. The first kappa shape index (κ1) is 16.2. The lowest BCUT2D eigenvalue weighted by atomic mass is 10.1. The highest BCUT2D eigenvalue weighted by Gasteiger charge is 2.11. The minimum absolute atomic E-state index is 0.0280. The second kappa shape index (κ2) is 7.75. The quantitative estimate of drug-likeness (QED) is 0.725. The highest BCUT2D eigenvalue weighted by Crippen LogP contribution is 2.31. The Balaban J connectivity index is 1.62. The Kier molecular flexibility index (Phi) is 5.23. The molecule has 1 amide bonds. The molecule has 1 heterocycles. The van der Waals surface area contributed by atoms with E-state index in [2.05, 4.69) is 10.3 Å². The van der Waals surface area contributed by atoms with Crippen molar-refractivity contribution < 1.29 is 9.53 Å². The summed E-state index contributed by atoms with van der Waals surface area (Å²) < 4.78 is 5.35. The summed E-state index contributed by atoms with van der Waals surface area (Å²) in [5.74, 6) is 0.740. The zero-order valence-corrected chi connectivity index (χ0v) is 14.2. The van der Waals surface area contributed by atoms with Gasteiger partial charge in [-0.05, 0) is 24.1 Å². The van der Waals surface area contributed by atoms with Crippen LogP contribution < -0.4 is 10.1 Å². The third-order valence-corrected chi connectivity index (χ3v) is 4.37. The average Bonchev–Trinajstić information content (AvgIpc) is 3.09. The number of carbonyl (C=O) groups excluding carboxylic acids is 1. The van der Waals surface area contributed by atoms with E-state index in [0.717, 1.165) is 29.0 Å². The standard InChI is InChI=1S/C19H18N2O2S/c1-23-17-10-6-5-9-15(17)16-13-24-19(20-16)21-18(22)12-11-14-7-3-2-4-8-14/h2-10,13H,11-12H2,1H3,(H,20,21,22). The number of amides is 1. The molecule has 3 aromatic rings. The third-order valence-electron chi connectivity index (χ3n) is 3.62. The number of carbonyl (C=O) groups is 1. The van der Waals surface area contributed by atoms with Gasteiger partial charge in [-0.3, -0.25) is 4.79 Å². The first-order valence-corrected chi connectivity index (χ1v) is 8.57. The minimum atomic E-state index is -0.0280. The number of methoxy groups -OCH3 is 1. The number of hydrogen-bond acceptors (Lipinski definition) is 4. The molecule has 0 fully saturated rings. The fourth-order valence-corrected chi connectivity index (χ4v) is 3.12. The Morgan fingerprint density at radius 1 is 1.12 bits per heavy atom. The van der Waals surface area contributed by atoms with Crippen LogP contribution in [0.3, 0.4) is 0 Å². The monoisotopic (exact) mass is 338 g/mol. The molecule has 3 rings (SSSR count). The predicted octanol–water partition coefficient (Wildman–Crippen LogP) is 4.39. The molecule has 0 aliphatic rings. The SMILES string of the molecule is COc1ccccc1-c1csc(NC(=O)CCc2ccccc2)n1. The molecule has 0 aliphatic heterocycles. The number of aryl methyl sites for hydroxylation is 1. The highest BCUT2D eigenvalue weighted by atomic mass is 32.1. The maximum absolute atomic E-state index is 12.1. The van der Waals surface area contributed by atoms with Crippen molar-refractivity contribution in [2.75, 3.05) is 12.4 Å². The summed E-state index contributed by atoms with van der Waals surface area (Å²) in [6.07, 6.45) is 1.16. The van der Waals surface area contributed by atoms with E-state index in [1.807, 2.05) is 60.0 Å². The Morgan fingerprint density at radius 2 is 1.88 bits per heavy atom. The van der Waals surface area contributed by atoms with E-state index in [0.29, 0.717) is 11.6 Å². The summed E-state index contributed by atoms with van der Waals surface area (Å²) in [5.41, 5.74) is 2.87. The van der Waals surface area contributed by atoms with Gasteiger partial charge in [-0.2, -0.15) is 0 Å². The van der Waals surface area contributed by atoms with Crippen molar-refractivity contribution in [1.29, 1.82) is 0 Å². The van der Waals surface area contributed by atoms with E-state index in [1.54, 1.807) is 7.11 Å². The van der Waals surface area contributed by atoms with Gasteiger partial charge >= 0.3 is 0 Å². The lowest BCUT2D eigenvalue weighted by molar-refractivity contribution is -0.116. The largest absolute Gasteiger partial charge is 0.496 e. The third kappa shape index (κ3) is 4.00. The maximum atomic E-state index is 12.1. The van der Waals surface area contributed by atoms with Crippen LogP contribution >= 0.6 is 11.3 Å². The number of anilines is 1. The number of ether oxygens (including phenoxy) is 1. The van der Waals surface area contributed by atoms with Crippen molar-refractivity contribution in [3.8, 4) is 17.0 Å². The number of nitrogens with zero attached hydrogens (tertiary/aromatic N) is 1. The molecule has 0 radical (unpaired) electrons. The van der Waals surface area contributed by atoms with E-state index in [4.69, 9.17) is 4.74 Å². The number of aromatic nitrogens is 1. The second-order valence-electron chi connectivity index (χ2n) is 5.27. The second-order valence-corrected chi connectivity index (χ2v) is 6.13. The lowest BCUT2D eigenvalue weighted by Gasteiger charge is -2.05. The molecular formula is C19H18N2O2S. The molecule has 24 heavy (non-hydrogen) atoms.